The number of carbonyl (C=O) groups excluding carboxylic acids is 1. The number of rotatable bonds is 6. The lowest BCUT2D eigenvalue weighted by molar-refractivity contribution is -0.122. The highest BCUT2D eigenvalue weighted by Gasteiger charge is 2.27. The number of nitrogens with zero attached hydrogens (tertiary/aromatic N) is 5. The van der Waals surface area contributed by atoms with Gasteiger partial charge in [-0.2, -0.15) is 5.10 Å². The molecular weight excluding hydrogens is 368 g/mol. The Labute approximate surface area is 176 Å². The number of hydrogen-bond donors (Lipinski definition) is 1. The molecule has 0 spiro atoms. The zero-order valence-corrected chi connectivity index (χ0v) is 16.1. The van der Waals surface area contributed by atoms with Crippen LogP contribution in [-0.4, -0.2) is 44.7 Å². The third-order valence-electron chi connectivity index (χ3n) is 4.26. The van der Waals surface area contributed by atoms with Crippen molar-refractivity contribution < 1.29 is 16.4 Å². The van der Waals surface area contributed by atoms with Gasteiger partial charge in [0.2, 0.25) is 0 Å². The highest BCUT2D eigenvalue weighted by atomic mass is 16.5. The van der Waals surface area contributed by atoms with Crippen molar-refractivity contribution in [3.8, 4) is 17.1 Å². The summed E-state index contributed by atoms with van der Waals surface area (Å²) in [6.07, 6.45) is 2.98. The average Bonchev–Trinajstić information content (AvgIpc) is 3.24. The number of ketones is 1. The third kappa shape index (κ3) is 4.43. The van der Waals surface area contributed by atoms with Crippen LogP contribution in [0, 0.1) is 0 Å². The van der Waals surface area contributed by atoms with Crippen LogP contribution in [0.5, 0.6) is 5.75 Å². The number of carbonyl (C=O) groups is 1. The normalized spacial score (nSPS) is 26.8. The van der Waals surface area contributed by atoms with Gasteiger partial charge in [0.15, 0.2) is 17.4 Å². The van der Waals surface area contributed by atoms with Gasteiger partial charge in [0, 0.05) is 34.4 Å². The van der Waals surface area contributed by atoms with E-state index in [0.29, 0.717) is 34.7 Å². The number of Topliss-reactive ketones (excluding diaryl/α,β-unsaturated/α-hetero) is 1. The number of nitrogens with one attached hydrogen (secondary N) is 1. The molecule has 2 aromatic heterocycles. The maximum atomic E-state index is 13.1. The highest BCUT2D eigenvalue weighted by molar-refractivity contribution is 5.86. The molecule has 3 aromatic rings. The molecule has 1 fully saturated rings. The smallest absolute Gasteiger partial charge is 0.159 e. The van der Waals surface area contributed by atoms with Gasteiger partial charge in [-0.15, -0.1) is 0 Å². The molecule has 1 aliphatic heterocycles. The van der Waals surface area contributed by atoms with E-state index in [1.54, 1.807) is 43.7 Å². The molecule has 150 valence electrons. The van der Waals surface area contributed by atoms with Crippen LogP contribution in [-0.2, 0) is 18.3 Å². The predicted molar refractivity (Wildman–Crippen MR) is 109 cm³/mol. The molecule has 0 radical (unpaired) electrons. The number of aromatic nitrogens is 4. The molecule has 0 bridgehead atoms. The standard InChI is InChI=1S/C21H24N6O2/c1-3-29-18-12-22-21(23-13-18)16-6-4-5-15(9-16)10-19-20(28)7-8-27(25-19)17-11-24-26(2)14-17/h4-6,9,11-14,19,25H,3,7-8,10H2,1-2H3/i7D2,8D,19D/hD. The Morgan fingerprint density at radius 3 is 2.93 bits per heavy atom. The van der Waals surface area contributed by atoms with Gasteiger partial charge in [0.25, 0.3) is 0 Å². The summed E-state index contributed by atoms with van der Waals surface area (Å²) in [4.78, 5) is 21.7. The molecule has 8 heteroatoms. The Hall–Kier alpha value is -3.26. The van der Waals surface area contributed by atoms with Crippen molar-refractivity contribution in [2.75, 3.05) is 18.1 Å². The Balaban J connectivity index is 1.67. The van der Waals surface area contributed by atoms with E-state index in [1.165, 1.54) is 17.1 Å². The van der Waals surface area contributed by atoms with Gasteiger partial charge in [0.1, 0.15) is 1.41 Å². The van der Waals surface area contributed by atoms with Crippen molar-refractivity contribution in [3.05, 3.63) is 54.6 Å². The molecule has 0 amide bonds. The van der Waals surface area contributed by atoms with E-state index in [9.17, 15) is 4.79 Å². The summed E-state index contributed by atoms with van der Waals surface area (Å²) < 4.78 is 49.1. The first-order valence-electron chi connectivity index (χ1n) is 11.7. The zero-order chi connectivity index (χ0) is 24.7. The van der Waals surface area contributed by atoms with Crippen LogP contribution in [0.2, 0.25) is 1.41 Å². The lowest BCUT2D eigenvalue weighted by Crippen LogP contribution is -2.55. The van der Waals surface area contributed by atoms with Crippen molar-refractivity contribution in [1.29, 1.82) is 0 Å². The van der Waals surface area contributed by atoms with E-state index in [-0.39, 0.29) is 12.1 Å². The van der Waals surface area contributed by atoms with E-state index in [1.807, 2.05) is 6.92 Å². The number of hydrazine groups is 1. The van der Waals surface area contributed by atoms with Crippen LogP contribution < -0.4 is 15.2 Å². The Morgan fingerprint density at radius 1 is 1.38 bits per heavy atom. The first-order valence-corrected chi connectivity index (χ1v) is 9.16. The fraction of sp³-hybridized carbons (Fsp3) is 0.333. The van der Waals surface area contributed by atoms with Gasteiger partial charge in [-0.3, -0.25) is 9.48 Å². The molecule has 0 saturated carbocycles. The van der Waals surface area contributed by atoms with E-state index in [4.69, 9.17) is 11.6 Å². The number of benzene rings is 1. The topological polar surface area (TPSA) is 85.2 Å². The lowest BCUT2D eigenvalue weighted by atomic mass is 9.98. The third-order valence-corrected chi connectivity index (χ3v) is 4.26. The van der Waals surface area contributed by atoms with E-state index < -0.39 is 24.7 Å². The van der Waals surface area contributed by atoms with Crippen LogP contribution in [0.25, 0.3) is 11.4 Å². The molecule has 8 nitrogen and oxygen atoms in total. The van der Waals surface area contributed by atoms with Crippen LogP contribution in [0.3, 0.4) is 0 Å². The zero-order valence-electron chi connectivity index (χ0n) is 21.1. The van der Waals surface area contributed by atoms with Gasteiger partial charge < -0.3 is 9.75 Å². The molecule has 0 aliphatic carbocycles. The maximum Gasteiger partial charge on any atom is 0.159 e. The van der Waals surface area contributed by atoms with Crippen molar-refractivity contribution in [2.24, 2.45) is 7.05 Å². The maximum absolute atomic E-state index is 13.1. The molecule has 1 aliphatic rings. The number of anilines is 1. The fourth-order valence-electron chi connectivity index (χ4n) is 2.90. The summed E-state index contributed by atoms with van der Waals surface area (Å²) in [5.74, 6) is -0.203. The molecule has 4 rings (SSSR count). The summed E-state index contributed by atoms with van der Waals surface area (Å²) in [6, 6.07) is 4.56. The van der Waals surface area contributed by atoms with Crippen molar-refractivity contribution in [2.45, 2.75) is 25.7 Å². The molecule has 1 N–H and O–H groups in total. The molecule has 2 atom stereocenters. The second-order valence-corrected chi connectivity index (χ2v) is 6.42. The predicted octanol–water partition coefficient (Wildman–Crippen LogP) is 2.17. The minimum absolute atomic E-state index is 0.238. The van der Waals surface area contributed by atoms with Crippen LogP contribution in [0.1, 0.15) is 24.3 Å². The van der Waals surface area contributed by atoms with Crippen molar-refractivity contribution >= 4 is 11.5 Å². The molecular formula is C21H24N6O2. The van der Waals surface area contributed by atoms with Gasteiger partial charge in [-0.25, -0.2) is 15.4 Å². The second-order valence-electron chi connectivity index (χ2n) is 6.42. The first kappa shape index (κ1) is 13.8. The number of ether oxygens (including phenoxy) is 1. The lowest BCUT2D eigenvalue weighted by Gasteiger charge is -2.33. The van der Waals surface area contributed by atoms with Crippen LogP contribution in [0.15, 0.2) is 49.1 Å². The Bertz CT molecular complexity index is 1190. The van der Waals surface area contributed by atoms with Crippen LogP contribution >= 0.6 is 0 Å². The average molecular weight is 397 g/mol. The van der Waals surface area contributed by atoms with Crippen molar-refractivity contribution in [1.82, 2.24) is 25.2 Å². The number of hydrogen-bond acceptors (Lipinski definition) is 7. The van der Waals surface area contributed by atoms with Gasteiger partial charge in [-0.05, 0) is 25.0 Å². The largest absolute Gasteiger partial charge is 0.491 e. The van der Waals surface area contributed by atoms with E-state index >= 15 is 0 Å². The van der Waals surface area contributed by atoms with Gasteiger partial charge in [-0.1, -0.05) is 18.2 Å². The molecule has 29 heavy (non-hydrogen) atoms. The highest BCUT2D eigenvalue weighted by Crippen LogP contribution is 2.21. The summed E-state index contributed by atoms with van der Waals surface area (Å²) in [7, 11) is 1.64. The Morgan fingerprint density at radius 2 is 2.21 bits per heavy atom. The first-order chi connectivity index (χ1) is 16.1. The molecule has 3 heterocycles. The second kappa shape index (κ2) is 8.40. The monoisotopic (exact) mass is 397 g/mol. The summed E-state index contributed by atoms with van der Waals surface area (Å²) in [6.45, 7) is 0.602. The minimum atomic E-state index is -2.69. The molecule has 1 saturated heterocycles. The SMILES string of the molecule is [2H]C1N(c2cnn(C)c2)N([2H])C([2H])(Cc2cccc(-c3ncc(OCC)cn3)c2)C(=O)C1([2H])[2H]. The minimum Gasteiger partial charge on any atom is -0.491 e. The summed E-state index contributed by atoms with van der Waals surface area (Å²) in [5.41, 5.74) is 1.96. The summed E-state index contributed by atoms with van der Waals surface area (Å²) in [5, 5.41) is 4.99. The van der Waals surface area contributed by atoms with Crippen LogP contribution in [0.4, 0.5) is 5.69 Å². The van der Waals surface area contributed by atoms with Crippen molar-refractivity contribution in [3.63, 3.8) is 0 Å². The summed E-state index contributed by atoms with van der Waals surface area (Å²) >= 11 is 0. The quantitative estimate of drug-likeness (QED) is 0.682. The fourth-order valence-corrected chi connectivity index (χ4v) is 2.90. The number of aryl methyl sites for hydroxylation is 1. The Kier molecular flexibility index (Phi) is 4.01. The van der Waals surface area contributed by atoms with E-state index in [0.717, 1.165) is 5.01 Å². The van der Waals surface area contributed by atoms with E-state index in [2.05, 4.69) is 15.1 Å². The van der Waals surface area contributed by atoms with Gasteiger partial charge in [0.05, 0.1) is 39.6 Å². The van der Waals surface area contributed by atoms with Gasteiger partial charge >= 0.3 is 0 Å². The molecule has 2 unspecified atom stereocenters. The molecule has 1 aromatic carbocycles.